The van der Waals surface area contributed by atoms with E-state index >= 15 is 0 Å². The highest BCUT2D eigenvalue weighted by Gasteiger charge is 2.34. The molecule has 0 aliphatic carbocycles. The fourth-order valence-electron chi connectivity index (χ4n) is 2.85. The maximum atomic E-state index is 5.75. The van der Waals surface area contributed by atoms with Crippen molar-refractivity contribution in [3.8, 4) is 0 Å². The number of hydrogen-bond donors (Lipinski definition) is 1. The van der Waals surface area contributed by atoms with Gasteiger partial charge in [0.05, 0.1) is 6.61 Å². The fraction of sp³-hybridized carbons (Fsp3) is 1.00. The average Bonchev–Trinajstić information content (AvgIpc) is 2.39. The Balaban J connectivity index is 1.88. The van der Waals surface area contributed by atoms with E-state index in [0.717, 1.165) is 26.3 Å². The number of ether oxygens (including phenoxy) is 1. The van der Waals surface area contributed by atoms with Gasteiger partial charge in [0.2, 0.25) is 0 Å². The summed E-state index contributed by atoms with van der Waals surface area (Å²) in [5.74, 6) is 2.61. The largest absolute Gasteiger partial charge is 0.381 e. The highest BCUT2D eigenvalue weighted by molar-refractivity contribution is 7.99. The first-order valence-electron chi connectivity index (χ1n) is 6.93. The minimum Gasteiger partial charge on any atom is -0.381 e. The minimum absolute atomic E-state index is 0.371. The summed E-state index contributed by atoms with van der Waals surface area (Å²) in [6.07, 6.45) is 2.55. The summed E-state index contributed by atoms with van der Waals surface area (Å²) in [6, 6.07) is 0. The molecular weight excluding hydrogens is 232 g/mol. The number of hydrogen-bond acceptors (Lipinski definition) is 4. The second kappa shape index (κ2) is 6.98. The molecule has 0 radical (unpaired) electrons. The summed E-state index contributed by atoms with van der Waals surface area (Å²) in [5.41, 5.74) is 0.371. The monoisotopic (exact) mass is 258 g/mol. The van der Waals surface area contributed by atoms with Gasteiger partial charge < -0.3 is 15.0 Å². The molecule has 0 saturated carbocycles. The van der Waals surface area contributed by atoms with Gasteiger partial charge in [-0.2, -0.15) is 11.8 Å². The van der Waals surface area contributed by atoms with Gasteiger partial charge in [0.25, 0.3) is 0 Å². The normalized spacial score (nSPS) is 31.6. The molecule has 0 aromatic heterocycles. The Labute approximate surface area is 110 Å². The van der Waals surface area contributed by atoms with Crippen LogP contribution in [0.3, 0.4) is 0 Å². The average molecular weight is 258 g/mol. The van der Waals surface area contributed by atoms with Crippen LogP contribution in [0.2, 0.25) is 0 Å². The molecule has 3 nitrogen and oxygen atoms in total. The van der Waals surface area contributed by atoms with E-state index in [1.54, 1.807) is 0 Å². The molecule has 1 N–H and O–H groups in total. The van der Waals surface area contributed by atoms with Crippen molar-refractivity contribution in [1.82, 2.24) is 10.2 Å². The zero-order valence-electron chi connectivity index (χ0n) is 11.0. The topological polar surface area (TPSA) is 24.5 Å². The maximum Gasteiger partial charge on any atom is 0.0546 e. The van der Waals surface area contributed by atoms with E-state index in [1.807, 2.05) is 0 Å². The second-order valence-electron chi connectivity index (χ2n) is 5.32. The van der Waals surface area contributed by atoms with Crippen LogP contribution in [0.25, 0.3) is 0 Å². The van der Waals surface area contributed by atoms with Gasteiger partial charge in [-0.25, -0.2) is 0 Å². The van der Waals surface area contributed by atoms with Gasteiger partial charge in [0.15, 0.2) is 0 Å². The van der Waals surface area contributed by atoms with Crippen molar-refractivity contribution in [3.05, 3.63) is 0 Å². The predicted octanol–water partition coefficient (Wildman–Crippen LogP) is 1.44. The molecule has 0 spiro atoms. The van der Waals surface area contributed by atoms with Gasteiger partial charge in [-0.15, -0.1) is 0 Å². The molecule has 100 valence electrons. The van der Waals surface area contributed by atoms with Crippen LogP contribution >= 0.6 is 11.8 Å². The second-order valence-corrected chi connectivity index (χ2v) is 6.55. The molecule has 2 rings (SSSR count). The lowest BCUT2D eigenvalue weighted by Crippen LogP contribution is -2.50. The molecule has 0 bridgehead atoms. The van der Waals surface area contributed by atoms with Crippen LogP contribution in [0.4, 0.5) is 0 Å². The van der Waals surface area contributed by atoms with Crippen molar-refractivity contribution in [1.29, 1.82) is 0 Å². The minimum atomic E-state index is 0.371. The third-order valence-electron chi connectivity index (χ3n) is 3.82. The summed E-state index contributed by atoms with van der Waals surface area (Å²) < 4.78 is 5.75. The van der Waals surface area contributed by atoms with E-state index in [1.165, 1.54) is 44.0 Å². The molecular formula is C13H26N2OS. The molecule has 0 aromatic rings. The Bertz CT molecular complexity index is 213. The van der Waals surface area contributed by atoms with Crippen molar-refractivity contribution in [2.75, 3.05) is 57.4 Å². The maximum absolute atomic E-state index is 5.75. The fourth-order valence-corrected chi connectivity index (χ4v) is 3.83. The molecule has 0 aromatic carbocycles. The molecule has 4 heteroatoms. The summed E-state index contributed by atoms with van der Waals surface area (Å²) in [6.45, 7) is 10.0. The van der Waals surface area contributed by atoms with Crippen LogP contribution in [-0.4, -0.2) is 62.3 Å². The first-order chi connectivity index (χ1) is 8.35. The molecule has 2 heterocycles. The zero-order valence-corrected chi connectivity index (χ0v) is 11.9. The van der Waals surface area contributed by atoms with Crippen LogP contribution in [-0.2, 0) is 4.74 Å². The van der Waals surface area contributed by atoms with Crippen LogP contribution in [0, 0.1) is 5.41 Å². The molecule has 1 atom stereocenters. The van der Waals surface area contributed by atoms with Crippen molar-refractivity contribution in [2.45, 2.75) is 19.8 Å². The van der Waals surface area contributed by atoms with E-state index in [0.29, 0.717) is 5.41 Å². The predicted molar refractivity (Wildman–Crippen MR) is 74.8 cm³/mol. The van der Waals surface area contributed by atoms with Crippen LogP contribution < -0.4 is 5.32 Å². The SMILES string of the molecule is CCNCC1(CN2CCSCC2)CCCOC1. The quantitative estimate of drug-likeness (QED) is 0.806. The summed E-state index contributed by atoms with van der Waals surface area (Å²) in [4.78, 5) is 2.64. The molecule has 2 fully saturated rings. The Morgan fingerprint density at radius 1 is 1.35 bits per heavy atom. The van der Waals surface area contributed by atoms with E-state index in [4.69, 9.17) is 4.74 Å². The Morgan fingerprint density at radius 2 is 2.18 bits per heavy atom. The molecule has 2 aliphatic heterocycles. The van der Waals surface area contributed by atoms with Gasteiger partial charge in [-0.05, 0) is 19.4 Å². The van der Waals surface area contributed by atoms with Crippen LogP contribution in [0.5, 0.6) is 0 Å². The Morgan fingerprint density at radius 3 is 2.82 bits per heavy atom. The third-order valence-corrected chi connectivity index (χ3v) is 4.76. The molecule has 1 unspecified atom stereocenters. The van der Waals surface area contributed by atoms with E-state index < -0.39 is 0 Å². The lowest BCUT2D eigenvalue weighted by molar-refractivity contribution is -0.0246. The van der Waals surface area contributed by atoms with Gasteiger partial charge in [0.1, 0.15) is 0 Å². The number of nitrogens with one attached hydrogen (secondary N) is 1. The van der Waals surface area contributed by atoms with Gasteiger partial charge in [0, 0.05) is 49.7 Å². The van der Waals surface area contributed by atoms with Crippen LogP contribution in [0.1, 0.15) is 19.8 Å². The molecule has 0 amide bonds. The lowest BCUT2D eigenvalue weighted by atomic mass is 9.81. The molecule has 2 saturated heterocycles. The standard InChI is InChI=1S/C13H26N2OS/c1-2-14-10-13(4-3-7-16-12-13)11-15-5-8-17-9-6-15/h14H,2-12H2,1H3. The first kappa shape index (κ1) is 13.7. The smallest absolute Gasteiger partial charge is 0.0546 e. The number of rotatable bonds is 5. The van der Waals surface area contributed by atoms with Gasteiger partial charge in [-0.3, -0.25) is 0 Å². The van der Waals surface area contributed by atoms with Crippen molar-refractivity contribution < 1.29 is 4.74 Å². The highest BCUT2D eigenvalue weighted by Crippen LogP contribution is 2.30. The van der Waals surface area contributed by atoms with Crippen molar-refractivity contribution in [3.63, 3.8) is 0 Å². The summed E-state index contributed by atoms with van der Waals surface area (Å²) >= 11 is 2.09. The molecule has 17 heavy (non-hydrogen) atoms. The van der Waals surface area contributed by atoms with E-state index in [2.05, 4.69) is 28.9 Å². The van der Waals surface area contributed by atoms with E-state index in [9.17, 15) is 0 Å². The van der Waals surface area contributed by atoms with E-state index in [-0.39, 0.29) is 0 Å². The van der Waals surface area contributed by atoms with Crippen LogP contribution in [0.15, 0.2) is 0 Å². The Hall–Kier alpha value is 0.230. The lowest BCUT2D eigenvalue weighted by Gasteiger charge is -2.42. The van der Waals surface area contributed by atoms with Gasteiger partial charge in [-0.1, -0.05) is 6.92 Å². The zero-order chi connectivity index (χ0) is 12.0. The highest BCUT2D eigenvalue weighted by atomic mass is 32.2. The summed E-state index contributed by atoms with van der Waals surface area (Å²) in [5, 5.41) is 3.54. The molecule has 2 aliphatic rings. The first-order valence-corrected chi connectivity index (χ1v) is 8.09. The summed E-state index contributed by atoms with van der Waals surface area (Å²) in [7, 11) is 0. The third kappa shape index (κ3) is 4.12. The number of nitrogens with zero attached hydrogens (tertiary/aromatic N) is 1. The Kier molecular flexibility index (Phi) is 5.60. The number of thioether (sulfide) groups is 1. The van der Waals surface area contributed by atoms with Gasteiger partial charge >= 0.3 is 0 Å². The van der Waals surface area contributed by atoms with Crippen molar-refractivity contribution >= 4 is 11.8 Å². The van der Waals surface area contributed by atoms with Crippen molar-refractivity contribution in [2.24, 2.45) is 5.41 Å².